The highest BCUT2D eigenvalue weighted by atomic mass is 32.1. The summed E-state index contributed by atoms with van der Waals surface area (Å²) >= 11 is 1.36. The molecule has 2 rings (SSSR count). The molecular formula is C13H16FN3S. The summed E-state index contributed by atoms with van der Waals surface area (Å²) in [4.78, 5) is 1.04. The van der Waals surface area contributed by atoms with Crippen molar-refractivity contribution in [3.05, 3.63) is 45.7 Å². The van der Waals surface area contributed by atoms with Gasteiger partial charge in [0.15, 0.2) is 0 Å². The van der Waals surface area contributed by atoms with Gasteiger partial charge in [-0.2, -0.15) is 0 Å². The number of halogens is 1. The molecule has 1 aromatic heterocycles. The van der Waals surface area contributed by atoms with Gasteiger partial charge in [-0.25, -0.2) is 4.39 Å². The molecule has 2 aromatic rings. The molecule has 0 aliphatic rings. The molecule has 0 radical (unpaired) electrons. The van der Waals surface area contributed by atoms with Crippen LogP contribution in [0.1, 0.15) is 34.7 Å². The summed E-state index contributed by atoms with van der Waals surface area (Å²) in [5.41, 5.74) is 2.47. The van der Waals surface area contributed by atoms with E-state index in [1.807, 2.05) is 19.9 Å². The summed E-state index contributed by atoms with van der Waals surface area (Å²) in [5.74, 6) is -0.175. The highest BCUT2D eigenvalue weighted by molar-refractivity contribution is 7.05. The first-order valence-corrected chi connectivity index (χ1v) is 6.69. The second-order valence-corrected chi connectivity index (χ2v) is 5.01. The quantitative estimate of drug-likeness (QED) is 0.923. The predicted octanol–water partition coefficient (Wildman–Crippen LogP) is 2.99. The fourth-order valence-corrected chi connectivity index (χ4v) is 2.61. The van der Waals surface area contributed by atoms with Gasteiger partial charge in [-0.05, 0) is 49.1 Å². The minimum atomic E-state index is -0.175. The largest absolute Gasteiger partial charge is 0.306 e. The van der Waals surface area contributed by atoms with Crippen LogP contribution in [0, 0.1) is 19.7 Å². The van der Waals surface area contributed by atoms with E-state index in [0.29, 0.717) is 5.56 Å². The van der Waals surface area contributed by atoms with E-state index in [1.165, 1.54) is 11.5 Å². The summed E-state index contributed by atoms with van der Waals surface area (Å²) in [6.07, 6.45) is 0. The molecule has 96 valence electrons. The standard InChI is InChI=1S/C13H16FN3S/c1-4-15-12(13-9(3)16-17-18-13)10-6-5-8(2)11(14)7-10/h5-7,12,15H,4H2,1-3H3. The first-order valence-electron chi connectivity index (χ1n) is 5.91. The van der Waals surface area contributed by atoms with E-state index in [9.17, 15) is 4.39 Å². The van der Waals surface area contributed by atoms with Crippen molar-refractivity contribution in [3.8, 4) is 0 Å². The molecule has 5 heteroatoms. The average Bonchev–Trinajstić information content (AvgIpc) is 2.76. The lowest BCUT2D eigenvalue weighted by Gasteiger charge is -2.17. The Morgan fingerprint density at radius 2 is 2.17 bits per heavy atom. The molecular weight excluding hydrogens is 249 g/mol. The summed E-state index contributed by atoms with van der Waals surface area (Å²) in [6, 6.07) is 5.30. The average molecular weight is 265 g/mol. The molecule has 1 heterocycles. The number of nitrogens with zero attached hydrogens (tertiary/aromatic N) is 2. The van der Waals surface area contributed by atoms with E-state index < -0.39 is 0 Å². The Kier molecular flexibility index (Phi) is 4.04. The Hall–Kier alpha value is -1.33. The van der Waals surface area contributed by atoms with Crippen LogP contribution in [0.2, 0.25) is 0 Å². The summed E-state index contributed by atoms with van der Waals surface area (Å²) in [5, 5.41) is 7.37. The molecule has 0 fully saturated rings. The number of benzene rings is 1. The van der Waals surface area contributed by atoms with Crippen LogP contribution in [0.15, 0.2) is 18.2 Å². The van der Waals surface area contributed by atoms with E-state index in [2.05, 4.69) is 14.9 Å². The second-order valence-electron chi connectivity index (χ2n) is 4.22. The van der Waals surface area contributed by atoms with Gasteiger partial charge >= 0.3 is 0 Å². The van der Waals surface area contributed by atoms with E-state index >= 15 is 0 Å². The molecule has 0 saturated heterocycles. The van der Waals surface area contributed by atoms with Crippen molar-refractivity contribution in [3.63, 3.8) is 0 Å². The molecule has 1 aromatic carbocycles. The molecule has 1 unspecified atom stereocenters. The molecule has 0 spiro atoms. The van der Waals surface area contributed by atoms with Crippen LogP contribution < -0.4 is 5.32 Å². The number of rotatable bonds is 4. The molecule has 0 bridgehead atoms. The summed E-state index contributed by atoms with van der Waals surface area (Å²) in [6.45, 7) is 6.52. The van der Waals surface area contributed by atoms with Gasteiger partial charge < -0.3 is 5.32 Å². The van der Waals surface area contributed by atoms with Crippen LogP contribution in [-0.4, -0.2) is 16.1 Å². The Morgan fingerprint density at radius 3 is 2.72 bits per heavy atom. The van der Waals surface area contributed by atoms with Crippen LogP contribution in [0.5, 0.6) is 0 Å². The zero-order valence-electron chi connectivity index (χ0n) is 10.7. The van der Waals surface area contributed by atoms with E-state index in [-0.39, 0.29) is 11.9 Å². The van der Waals surface area contributed by atoms with Crippen molar-refractivity contribution in [1.29, 1.82) is 0 Å². The van der Waals surface area contributed by atoms with E-state index in [1.54, 1.807) is 19.1 Å². The summed E-state index contributed by atoms with van der Waals surface area (Å²) in [7, 11) is 0. The highest BCUT2D eigenvalue weighted by Crippen LogP contribution is 2.27. The third-order valence-corrected chi connectivity index (χ3v) is 3.78. The normalized spacial score (nSPS) is 12.7. The lowest BCUT2D eigenvalue weighted by molar-refractivity contribution is 0.599. The number of nitrogens with one attached hydrogen (secondary N) is 1. The molecule has 0 aliphatic carbocycles. The highest BCUT2D eigenvalue weighted by Gasteiger charge is 2.19. The zero-order valence-corrected chi connectivity index (χ0v) is 11.5. The molecule has 1 N–H and O–H groups in total. The van der Waals surface area contributed by atoms with Crippen molar-refractivity contribution in [2.24, 2.45) is 0 Å². The predicted molar refractivity (Wildman–Crippen MR) is 71.3 cm³/mol. The SMILES string of the molecule is CCNC(c1ccc(C)c(F)c1)c1snnc1C. The Balaban J connectivity index is 2.41. The molecule has 3 nitrogen and oxygen atoms in total. The van der Waals surface area contributed by atoms with Gasteiger partial charge in [0.2, 0.25) is 0 Å². The number of hydrogen-bond donors (Lipinski definition) is 1. The number of hydrogen-bond acceptors (Lipinski definition) is 4. The Bertz CT molecular complexity index is 539. The van der Waals surface area contributed by atoms with Crippen LogP contribution in [0.3, 0.4) is 0 Å². The van der Waals surface area contributed by atoms with E-state index in [0.717, 1.165) is 22.7 Å². The third-order valence-electron chi connectivity index (χ3n) is 2.89. The van der Waals surface area contributed by atoms with Gasteiger partial charge in [0.05, 0.1) is 16.6 Å². The minimum Gasteiger partial charge on any atom is -0.306 e. The van der Waals surface area contributed by atoms with Gasteiger partial charge in [0.25, 0.3) is 0 Å². The molecule has 1 atom stereocenters. The topological polar surface area (TPSA) is 37.8 Å². The first-order chi connectivity index (χ1) is 8.63. The van der Waals surface area contributed by atoms with E-state index in [4.69, 9.17) is 0 Å². The van der Waals surface area contributed by atoms with Gasteiger partial charge in [0.1, 0.15) is 5.82 Å². The molecule has 0 aliphatic heterocycles. The molecule has 0 amide bonds. The van der Waals surface area contributed by atoms with Crippen LogP contribution in [0.4, 0.5) is 4.39 Å². The maximum absolute atomic E-state index is 13.7. The van der Waals surface area contributed by atoms with Gasteiger partial charge in [-0.3, -0.25) is 0 Å². The molecule has 18 heavy (non-hydrogen) atoms. The number of aryl methyl sites for hydroxylation is 2. The van der Waals surface area contributed by atoms with Gasteiger partial charge in [0, 0.05) is 0 Å². The lowest BCUT2D eigenvalue weighted by atomic mass is 10.0. The van der Waals surface area contributed by atoms with Gasteiger partial charge in [-0.1, -0.05) is 23.5 Å². The number of aromatic nitrogens is 2. The zero-order chi connectivity index (χ0) is 13.1. The van der Waals surface area contributed by atoms with Crippen LogP contribution in [-0.2, 0) is 0 Å². The van der Waals surface area contributed by atoms with Crippen LogP contribution in [0.25, 0.3) is 0 Å². The summed E-state index contributed by atoms with van der Waals surface area (Å²) < 4.78 is 17.6. The third kappa shape index (κ3) is 2.57. The van der Waals surface area contributed by atoms with Crippen molar-refractivity contribution >= 4 is 11.5 Å². The van der Waals surface area contributed by atoms with Crippen LogP contribution >= 0.6 is 11.5 Å². The smallest absolute Gasteiger partial charge is 0.126 e. The van der Waals surface area contributed by atoms with Crippen molar-refractivity contribution in [1.82, 2.24) is 14.9 Å². The molecule has 0 saturated carbocycles. The monoisotopic (exact) mass is 265 g/mol. The maximum Gasteiger partial charge on any atom is 0.126 e. The second kappa shape index (κ2) is 5.54. The lowest BCUT2D eigenvalue weighted by Crippen LogP contribution is -2.22. The maximum atomic E-state index is 13.7. The minimum absolute atomic E-state index is 0.0369. The van der Waals surface area contributed by atoms with Crippen molar-refractivity contribution in [2.75, 3.05) is 6.54 Å². The first kappa shape index (κ1) is 13.1. The fourth-order valence-electron chi connectivity index (χ4n) is 1.86. The fraction of sp³-hybridized carbons (Fsp3) is 0.385. The van der Waals surface area contributed by atoms with Crippen molar-refractivity contribution in [2.45, 2.75) is 26.8 Å². The van der Waals surface area contributed by atoms with Gasteiger partial charge in [-0.15, -0.1) is 5.10 Å². The Labute approximate surface area is 110 Å². The van der Waals surface area contributed by atoms with Crippen molar-refractivity contribution < 1.29 is 4.39 Å². The Morgan fingerprint density at radius 1 is 1.39 bits per heavy atom.